The van der Waals surface area contributed by atoms with Gasteiger partial charge < -0.3 is 9.80 Å². The summed E-state index contributed by atoms with van der Waals surface area (Å²) >= 11 is 0. The summed E-state index contributed by atoms with van der Waals surface area (Å²) in [5.41, 5.74) is 3.37. The molecule has 1 aromatic rings. The van der Waals surface area contributed by atoms with E-state index in [4.69, 9.17) is 0 Å². The number of rotatable bonds is 4. The number of fused-ring (bicyclic) bond motifs is 2. The lowest BCUT2D eigenvalue weighted by atomic mass is 9.74. The number of hydrogen-bond acceptors (Lipinski definition) is 2. The zero-order valence-corrected chi connectivity index (χ0v) is 15.2. The second-order valence-electron chi connectivity index (χ2n) is 8.30. The summed E-state index contributed by atoms with van der Waals surface area (Å²) < 4.78 is 0. The first-order valence-corrected chi connectivity index (χ1v) is 9.99. The largest absolute Gasteiger partial charge is 0.303 e. The maximum atomic E-state index is 2.70. The Hall–Kier alpha value is -1.12. The van der Waals surface area contributed by atoms with Gasteiger partial charge in [0.1, 0.15) is 0 Å². The zero-order chi connectivity index (χ0) is 16.4. The number of likely N-dealkylation sites (tertiary alicyclic amines) is 2. The van der Waals surface area contributed by atoms with Gasteiger partial charge in [-0.1, -0.05) is 43.3 Å². The first kappa shape index (κ1) is 16.4. The van der Waals surface area contributed by atoms with Crippen molar-refractivity contribution in [3.8, 4) is 0 Å². The molecule has 4 rings (SSSR count). The molecule has 2 saturated heterocycles. The zero-order valence-electron chi connectivity index (χ0n) is 15.2. The topological polar surface area (TPSA) is 6.48 Å². The highest BCUT2D eigenvalue weighted by Gasteiger charge is 2.37. The average molecular weight is 325 g/mol. The van der Waals surface area contributed by atoms with Crippen LogP contribution in [0.4, 0.5) is 0 Å². The van der Waals surface area contributed by atoms with E-state index in [0.29, 0.717) is 5.41 Å². The van der Waals surface area contributed by atoms with Crippen LogP contribution in [0, 0.1) is 5.92 Å². The SMILES string of the molecule is CC1CCN(CCCN2CCC3(C=Cc4ccccc43)CC2)CC1. The lowest BCUT2D eigenvalue weighted by molar-refractivity contribution is 0.155. The van der Waals surface area contributed by atoms with Crippen LogP contribution in [0.2, 0.25) is 0 Å². The summed E-state index contributed by atoms with van der Waals surface area (Å²) in [6.45, 7) is 10.2. The molecule has 1 aromatic carbocycles. The van der Waals surface area contributed by atoms with Gasteiger partial charge in [0, 0.05) is 5.41 Å². The van der Waals surface area contributed by atoms with E-state index in [2.05, 4.69) is 53.1 Å². The molecule has 1 aliphatic carbocycles. The van der Waals surface area contributed by atoms with Crippen molar-refractivity contribution in [2.24, 2.45) is 5.92 Å². The molecule has 130 valence electrons. The van der Waals surface area contributed by atoms with Gasteiger partial charge in [-0.05, 0) is 88.4 Å². The summed E-state index contributed by atoms with van der Waals surface area (Å²) in [7, 11) is 0. The molecule has 0 N–H and O–H groups in total. The van der Waals surface area contributed by atoms with E-state index >= 15 is 0 Å². The summed E-state index contributed by atoms with van der Waals surface area (Å²) in [5.74, 6) is 0.946. The lowest BCUT2D eigenvalue weighted by Gasteiger charge is -2.39. The van der Waals surface area contributed by atoms with Gasteiger partial charge in [-0.3, -0.25) is 0 Å². The number of hydrogen-bond donors (Lipinski definition) is 0. The van der Waals surface area contributed by atoms with E-state index < -0.39 is 0 Å². The van der Waals surface area contributed by atoms with Crippen LogP contribution in [-0.2, 0) is 5.41 Å². The number of benzene rings is 1. The van der Waals surface area contributed by atoms with Crippen molar-refractivity contribution < 1.29 is 0 Å². The molecule has 24 heavy (non-hydrogen) atoms. The molecule has 0 unspecified atom stereocenters. The van der Waals surface area contributed by atoms with E-state index in [1.807, 2.05) is 0 Å². The molecule has 0 radical (unpaired) electrons. The van der Waals surface area contributed by atoms with Crippen LogP contribution in [0.5, 0.6) is 0 Å². The van der Waals surface area contributed by atoms with Crippen molar-refractivity contribution in [1.29, 1.82) is 0 Å². The summed E-state index contributed by atoms with van der Waals surface area (Å²) in [6.07, 6.45) is 11.6. The molecule has 2 nitrogen and oxygen atoms in total. The van der Waals surface area contributed by atoms with Crippen LogP contribution >= 0.6 is 0 Å². The van der Waals surface area contributed by atoms with Gasteiger partial charge in [0.2, 0.25) is 0 Å². The maximum absolute atomic E-state index is 2.70. The minimum absolute atomic E-state index is 0.343. The Balaban J connectivity index is 1.23. The Morgan fingerprint density at radius 3 is 2.38 bits per heavy atom. The van der Waals surface area contributed by atoms with E-state index in [0.717, 1.165) is 5.92 Å². The standard InChI is InChI=1S/C22H32N2/c1-19-8-15-23(16-9-19)13-4-14-24-17-11-22(12-18-24)10-7-20-5-2-3-6-21(20)22/h2-3,5-7,10,19H,4,8-9,11-18H2,1H3. The molecule has 1 spiro atoms. The van der Waals surface area contributed by atoms with Crippen molar-refractivity contribution in [2.45, 2.75) is 44.4 Å². The van der Waals surface area contributed by atoms with Gasteiger partial charge in [-0.2, -0.15) is 0 Å². The van der Waals surface area contributed by atoms with E-state index in [9.17, 15) is 0 Å². The number of allylic oxidation sites excluding steroid dienone is 1. The lowest BCUT2D eigenvalue weighted by Crippen LogP contribution is -2.42. The molecular formula is C22H32N2. The predicted molar refractivity (Wildman–Crippen MR) is 102 cm³/mol. The maximum Gasteiger partial charge on any atom is 0.0165 e. The minimum atomic E-state index is 0.343. The Kier molecular flexibility index (Phi) is 4.78. The summed E-state index contributed by atoms with van der Waals surface area (Å²) in [6, 6.07) is 8.99. The van der Waals surface area contributed by atoms with Crippen LogP contribution in [-0.4, -0.2) is 49.1 Å². The molecule has 0 amide bonds. The van der Waals surface area contributed by atoms with Crippen molar-refractivity contribution in [2.75, 3.05) is 39.3 Å². The van der Waals surface area contributed by atoms with Crippen molar-refractivity contribution >= 4 is 6.08 Å². The highest BCUT2D eigenvalue weighted by Crippen LogP contribution is 2.43. The minimum Gasteiger partial charge on any atom is -0.303 e. The quantitative estimate of drug-likeness (QED) is 0.820. The third-order valence-electron chi connectivity index (χ3n) is 6.65. The van der Waals surface area contributed by atoms with Gasteiger partial charge in [-0.15, -0.1) is 0 Å². The normalized spacial score (nSPS) is 24.5. The average Bonchev–Trinajstić information content (AvgIpc) is 2.97. The highest BCUT2D eigenvalue weighted by molar-refractivity contribution is 5.65. The molecule has 2 heterocycles. The second kappa shape index (κ2) is 7.01. The predicted octanol–water partition coefficient (Wildman–Crippen LogP) is 4.17. The van der Waals surface area contributed by atoms with Crippen LogP contribution in [0.15, 0.2) is 30.3 Å². The molecule has 2 fully saturated rings. The molecule has 0 aromatic heterocycles. The van der Waals surface area contributed by atoms with Crippen molar-refractivity contribution in [1.82, 2.24) is 9.80 Å². The molecular weight excluding hydrogens is 292 g/mol. The highest BCUT2D eigenvalue weighted by atomic mass is 15.2. The molecule has 0 atom stereocenters. The van der Waals surface area contributed by atoms with Gasteiger partial charge >= 0.3 is 0 Å². The third kappa shape index (κ3) is 3.32. The molecule has 3 aliphatic rings. The van der Waals surface area contributed by atoms with Gasteiger partial charge in [-0.25, -0.2) is 0 Å². The Labute approximate surface area is 147 Å². The van der Waals surface area contributed by atoms with Gasteiger partial charge in [0.15, 0.2) is 0 Å². The monoisotopic (exact) mass is 324 g/mol. The Morgan fingerprint density at radius 2 is 1.62 bits per heavy atom. The van der Waals surface area contributed by atoms with Gasteiger partial charge in [0.25, 0.3) is 0 Å². The Morgan fingerprint density at radius 1 is 0.958 bits per heavy atom. The van der Waals surface area contributed by atoms with Crippen LogP contribution in [0.1, 0.15) is 50.2 Å². The molecule has 0 bridgehead atoms. The number of piperidine rings is 2. The third-order valence-corrected chi connectivity index (χ3v) is 6.65. The van der Waals surface area contributed by atoms with E-state index in [-0.39, 0.29) is 0 Å². The van der Waals surface area contributed by atoms with Gasteiger partial charge in [0.05, 0.1) is 0 Å². The first-order chi connectivity index (χ1) is 11.8. The summed E-state index contributed by atoms with van der Waals surface area (Å²) in [5, 5.41) is 0. The van der Waals surface area contributed by atoms with Crippen molar-refractivity contribution in [3.05, 3.63) is 41.5 Å². The van der Waals surface area contributed by atoms with E-state index in [1.165, 1.54) is 76.9 Å². The van der Waals surface area contributed by atoms with Crippen LogP contribution in [0.3, 0.4) is 0 Å². The second-order valence-corrected chi connectivity index (χ2v) is 8.30. The molecule has 2 aliphatic heterocycles. The fourth-order valence-corrected chi connectivity index (χ4v) is 4.85. The van der Waals surface area contributed by atoms with Crippen molar-refractivity contribution in [3.63, 3.8) is 0 Å². The fraction of sp³-hybridized carbons (Fsp3) is 0.636. The first-order valence-electron chi connectivity index (χ1n) is 9.99. The molecule has 0 saturated carbocycles. The number of nitrogens with zero attached hydrogens (tertiary/aromatic N) is 2. The smallest absolute Gasteiger partial charge is 0.0165 e. The van der Waals surface area contributed by atoms with E-state index in [1.54, 1.807) is 5.56 Å². The summed E-state index contributed by atoms with van der Waals surface area (Å²) in [4.78, 5) is 5.38. The molecule has 2 heteroatoms. The Bertz CT molecular complexity index is 575. The van der Waals surface area contributed by atoms with Crippen LogP contribution < -0.4 is 0 Å². The van der Waals surface area contributed by atoms with Crippen LogP contribution in [0.25, 0.3) is 6.08 Å². The fourth-order valence-electron chi connectivity index (χ4n) is 4.85.